The number of aromatic nitrogens is 1. The molecule has 0 saturated heterocycles. The Morgan fingerprint density at radius 2 is 2.19 bits per heavy atom. The van der Waals surface area contributed by atoms with Crippen molar-refractivity contribution in [3.8, 4) is 0 Å². The molecular formula is C14H24N4O3. The van der Waals surface area contributed by atoms with Crippen LogP contribution in [0.25, 0.3) is 0 Å². The number of nitrogens with one attached hydrogen (secondary N) is 1. The van der Waals surface area contributed by atoms with Crippen LogP contribution in [0.3, 0.4) is 0 Å². The largest absolute Gasteiger partial charge is 0.344 e. The standard InChI is InChI=1S/C14H24N4O3/c1-5-17-8-11(18(20)21)6-12(17)13(19)16-14(4,9-15)7-10(2)3/h6,8,10H,5,7,9,15H2,1-4H3,(H,16,19). The second kappa shape index (κ2) is 6.71. The van der Waals surface area contributed by atoms with E-state index in [-0.39, 0.29) is 17.3 Å². The number of carbonyl (C=O) groups is 1. The molecule has 1 heterocycles. The van der Waals surface area contributed by atoms with Crippen LogP contribution in [0.1, 0.15) is 44.6 Å². The third kappa shape index (κ3) is 4.29. The Hall–Kier alpha value is -1.89. The molecule has 0 aliphatic carbocycles. The fraction of sp³-hybridized carbons (Fsp3) is 0.643. The van der Waals surface area contributed by atoms with E-state index < -0.39 is 10.5 Å². The van der Waals surface area contributed by atoms with E-state index in [2.05, 4.69) is 19.2 Å². The molecule has 0 aromatic carbocycles. The summed E-state index contributed by atoms with van der Waals surface area (Å²) in [7, 11) is 0. The molecule has 1 rings (SSSR count). The van der Waals surface area contributed by atoms with E-state index >= 15 is 0 Å². The molecule has 3 N–H and O–H groups in total. The third-order valence-electron chi connectivity index (χ3n) is 3.39. The molecule has 118 valence electrons. The maximum Gasteiger partial charge on any atom is 0.287 e. The normalized spacial score (nSPS) is 14.0. The number of amides is 1. The van der Waals surface area contributed by atoms with Crippen molar-refractivity contribution >= 4 is 11.6 Å². The molecule has 0 bridgehead atoms. The van der Waals surface area contributed by atoms with Crippen molar-refractivity contribution in [1.29, 1.82) is 0 Å². The highest BCUT2D eigenvalue weighted by Crippen LogP contribution is 2.19. The summed E-state index contributed by atoms with van der Waals surface area (Å²) in [5.74, 6) is 0.0460. The summed E-state index contributed by atoms with van der Waals surface area (Å²) in [4.78, 5) is 22.7. The molecule has 7 nitrogen and oxygen atoms in total. The average Bonchev–Trinajstić information content (AvgIpc) is 2.82. The fourth-order valence-electron chi connectivity index (χ4n) is 2.47. The van der Waals surface area contributed by atoms with Crippen molar-refractivity contribution in [3.63, 3.8) is 0 Å². The second-order valence-electron chi connectivity index (χ2n) is 5.94. The van der Waals surface area contributed by atoms with Crippen molar-refractivity contribution in [1.82, 2.24) is 9.88 Å². The first-order valence-electron chi connectivity index (χ1n) is 7.09. The number of nitrogens with two attached hydrogens (primary N) is 1. The number of hydrogen-bond acceptors (Lipinski definition) is 4. The van der Waals surface area contributed by atoms with E-state index in [1.54, 1.807) is 4.57 Å². The molecule has 1 aromatic heterocycles. The summed E-state index contributed by atoms with van der Waals surface area (Å²) in [5, 5.41) is 13.7. The highest BCUT2D eigenvalue weighted by molar-refractivity contribution is 5.94. The second-order valence-corrected chi connectivity index (χ2v) is 5.94. The van der Waals surface area contributed by atoms with Crippen LogP contribution >= 0.6 is 0 Å². The fourth-order valence-corrected chi connectivity index (χ4v) is 2.47. The van der Waals surface area contributed by atoms with Gasteiger partial charge in [0, 0.05) is 19.2 Å². The van der Waals surface area contributed by atoms with Crippen LogP contribution in [0.15, 0.2) is 12.3 Å². The first-order valence-corrected chi connectivity index (χ1v) is 7.09. The molecule has 0 spiro atoms. The lowest BCUT2D eigenvalue weighted by Crippen LogP contribution is -2.52. The Balaban J connectivity index is 3.00. The highest BCUT2D eigenvalue weighted by Gasteiger charge is 2.28. The van der Waals surface area contributed by atoms with Gasteiger partial charge in [-0.1, -0.05) is 13.8 Å². The topological polar surface area (TPSA) is 103 Å². The van der Waals surface area contributed by atoms with Crippen LogP contribution in [0.2, 0.25) is 0 Å². The predicted molar refractivity (Wildman–Crippen MR) is 81.1 cm³/mol. The molecule has 0 fully saturated rings. The minimum atomic E-state index is -0.525. The van der Waals surface area contributed by atoms with E-state index in [4.69, 9.17) is 5.73 Å². The Kier molecular flexibility index (Phi) is 5.48. The van der Waals surface area contributed by atoms with Gasteiger partial charge in [0.1, 0.15) is 5.69 Å². The molecule has 7 heteroatoms. The van der Waals surface area contributed by atoms with Gasteiger partial charge >= 0.3 is 0 Å². The average molecular weight is 296 g/mol. The van der Waals surface area contributed by atoms with Crippen molar-refractivity contribution in [2.24, 2.45) is 11.7 Å². The quantitative estimate of drug-likeness (QED) is 0.592. The van der Waals surface area contributed by atoms with Crippen LogP contribution in [0, 0.1) is 16.0 Å². The van der Waals surface area contributed by atoms with Gasteiger partial charge in [-0.15, -0.1) is 0 Å². The lowest BCUT2D eigenvalue weighted by molar-refractivity contribution is -0.384. The van der Waals surface area contributed by atoms with Crippen LogP contribution in [-0.2, 0) is 6.54 Å². The van der Waals surface area contributed by atoms with Crippen molar-refractivity contribution in [2.45, 2.75) is 46.2 Å². The lowest BCUT2D eigenvalue weighted by atomic mass is 9.90. The first kappa shape index (κ1) is 17.2. The minimum Gasteiger partial charge on any atom is -0.344 e. The number of rotatable bonds is 7. The summed E-state index contributed by atoms with van der Waals surface area (Å²) in [6.07, 6.45) is 2.11. The van der Waals surface area contributed by atoms with E-state index in [0.717, 1.165) is 6.42 Å². The van der Waals surface area contributed by atoms with Crippen LogP contribution in [-0.4, -0.2) is 27.5 Å². The number of carbonyl (C=O) groups excluding carboxylic acids is 1. The molecule has 21 heavy (non-hydrogen) atoms. The zero-order valence-electron chi connectivity index (χ0n) is 13.0. The maximum atomic E-state index is 12.4. The molecule has 1 amide bonds. The summed E-state index contributed by atoms with van der Waals surface area (Å²) in [5.41, 5.74) is 5.45. The first-order chi connectivity index (χ1) is 9.72. The third-order valence-corrected chi connectivity index (χ3v) is 3.39. The molecule has 1 aromatic rings. The van der Waals surface area contributed by atoms with Gasteiger partial charge in [-0.2, -0.15) is 0 Å². The molecule has 0 saturated carbocycles. The summed E-state index contributed by atoms with van der Waals surface area (Å²) < 4.78 is 1.57. The highest BCUT2D eigenvalue weighted by atomic mass is 16.6. The summed E-state index contributed by atoms with van der Waals surface area (Å²) in [6.45, 7) is 8.63. The summed E-state index contributed by atoms with van der Waals surface area (Å²) >= 11 is 0. The smallest absolute Gasteiger partial charge is 0.287 e. The van der Waals surface area contributed by atoms with E-state index in [9.17, 15) is 14.9 Å². The van der Waals surface area contributed by atoms with E-state index in [1.807, 2.05) is 13.8 Å². The molecular weight excluding hydrogens is 272 g/mol. The van der Waals surface area contributed by atoms with Crippen LogP contribution < -0.4 is 11.1 Å². The molecule has 0 aliphatic rings. The SMILES string of the molecule is CCn1cc([N+](=O)[O-])cc1C(=O)NC(C)(CN)CC(C)C. The Labute approximate surface area is 124 Å². The van der Waals surface area contributed by atoms with Crippen LogP contribution in [0.5, 0.6) is 0 Å². The van der Waals surface area contributed by atoms with E-state index in [1.165, 1.54) is 12.3 Å². The molecule has 0 radical (unpaired) electrons. The van der Waals surface area contributed by atoms with Gasteiger partial charge in [-0.05, 0) is 26.2 Å². The number of nitro groups is 1. The van der Waals surface area contributed by atoms with Gasteiger partial charge in [0.2, 0.25) is 0 Å². The number of nitrogens with zero attached hydrogens (tertiary/aromatic N) is 2. The number of aryl methyl sites for hydroxylation is 1. The zero-order valence-corrected chi connectivity index (χ0v) is 13.0. The Morgan fingerprint density at radius 3 is 2.62 bits per heavy atom. The number of hydrogen-bond donors (Lipinski definition) is 2. The minimum absolute atomic E-state index is 0.0830. The van der Waals surface area contributed by atoms with Crippen molar-refractivity contribution < 1.29 is 9.72 Å². The molecule has 1 atom stereocenters. The van der Waals surface area contributed by atoms with Crippen molar-refractivity contribution in [2.75, 3.05) is 6.54 Å². The Morgan fingerprint density at radius 1 is 1.57 bits per heavy atom. The van der Waals surface area contributed by atoms with Gasteiger partial charge in [-0.25, -0.2) is 0 Å². The van der Waals surface area contributed by atoms with Gasteiger partial charge in [0.25, 0.3) is 11.6 Å². The van der Waals surface area contributed by atoms with E-state index in [0.29, 0.717) is 19.0 Å². The molecule has 1 unspecified atom stereocenters. The predicted octanol–water partition coefficient (Wildman–Crippen LogP) is 1.91. The van der Waals surface area contributed by atoms with Crippen molar-refractivity contribution in [3.05, 3.63) is 28.1 Å². The van der Waals surface area contributed by atoms with Gasteiger partial charge < -0.3 is 15.6 Å². The Bertz CT molecular complexity index is 524. The van der Waals surface area contributed by atoms with Crippen LogP contribution in [0.4, 0.5) is 5.69 Å². The van der Waals surface area contributed by atoms with Gasteiger partial charge in [0.15, 0.2) is 0 Å². The maximum absolute atomic E-state index is 12.4. The zero-order chi connectivity index (χ0) is 16.2. The molecule has 0 aliphatic heterocycles. The van der Waals surface area contributed by atoms with Gasteiger partial charge in [-0.3, -0.25) is 14.9 Å². The monoisotopic (exact) mass is 296 g/mol. The summed E-state index contributed by atoms with van der Waals surface area (Å²) in [6, 6.07) is 1.30. The lowest BCUT2D eigenvalue weighted by Gasteiger charge is -2.31. The van der Waals surface area contributed by atoms with Gasteiger partial charge in [0.05, 0.1) is 16.7 Å².